The number of hydrogen-bond acceptors (Lipinski definition) is 4. The summed E-state index contributed by atoms with van der Waals surface area (Å²) in [5.74, 6) is -0.124. The summed E-state index contributed by atoms with van der Waals surface area (Å²) >= 11 is 0. The number of imidazole rings is 1. The van der Waals surface area contributed by atoms with Crippen LogP contribution in [0.15, 0.2) is 24.5 Å². The molecule has 3 N–H and O–H groups in total. The van der Waals surface area contributed by atoms with E-state index in [0.29, 0.717) is 13.2 Å². The molecule has 1 aromatic heterocycles. The van der Waals surface area contributed by atoms with Crippen LogP contribution in [0.1, 0.15) is 0 Å². The lowest BCUT2D eigenvalue weighted by atomic mass is 10.2. The number of carbonyl (C=O) groups excluding carboxylic acids is 1. The number of ether oxygens (including phenoxy) is 1. The Bertz CT molecular complexity index is 560. The lowest BCUT2D eigenvalue weighted by Crippen LogP contribution is -2.45. The van der Waals surface area contributed by atoms with Gasteiger partial charge in [-0.1, -0.05) is 0 Å². The van der Waals surface area contributed by atoms with Gasteiger partial charge in [0.1, 0.15) is 6.10 Å². The first kappa shape index (κ1) is 11.2. The van der Waals surface area contributed by atoms with Crippen molar-refractivity contribution in [2.75, 3.05) is 25.0 Å². The second kappa shape index (κ2) is 4.75. The monoisotopic (exact) mass is 246 g/mol. The number of benzene rings is 1. The van der Waals surface area contributed by atoms with Crippen molar-refractivity contribution in [3.63, 3.8) is 0 Å². The molecule has 3 rings (SSSR count). The van der Waals surface area contributed by atoms with Gasteiger partial charge in [0.2, 0.25) is 0 Å². The van der Waals surface area contributed by atoms with E-state index in [1.54, 1.807) is 6.33 Å². The molecule has 6 heteroatoms. The molecule has 18 heavy (non-hydrogen) atoms. The third-order valence-corrected chi connectivity index (χ3v) is 2.91. The molecule has 1 saturated heterocycles. The fourth-order valence-electron chi connectivity index (χ4n) is 1.97. The number of carbonyl (C=O) groups is 1. The fourth-order valence-corrected chi connectivity index (χ4v) is 1.97. The molecule has 0 radical (unpaired) electrons. The number of nitrogens with one attached hydrogen (secondary N) is 3. The van der Waals surface area contributed by atoms with Crippen LogP contribution in [0.5, 0.6) is 0 Å². The molecule has 0 spiro atoms. The highest BCUT2D eigenvalue weighted by Gasteiger charge is 2.21. The summed E-state index contributed by atoms with van der Waals surface area (Å²) in [5.41, 5.74) is 2.52. The van der Waals surface area contributed by atoms with Crippen molar-refractivity contribution < 1.29 is 9.53 Å². The van der Waals surface area contributed by atoms with Crippen molar-refractivity contribution in [3.05, 3.63) is 24.5 Å². The molecule has 2 aromatic rings. The summed E-state index contributed by atoms with van der Waals surface area (Å²) in [6.07, 6.45) is 1.21. The highest BCUT2D eigenvalue weighted by molar-refractivity contribution is 5.96. The molecule has 1 amide bonds. The van der Waals surface area contributed by atoms with Gasteiger partial charge in [0, 0.05) is 18.8 Å². The van der Waals surface area contributed by atoms with Gasteiger partial charge in [-0.25, -0.2) is 4.98 Å². The van der Waals surface area contributed by atoms with Crippen molar-refractivity contribution in [1.29, 1.82) is 0 Å². The van der Waals surface area contributed by atoms with Crippen molar-refractivity contribution in [2.24, 2.45) is 0 Å². The number of rotatable bonds is 2. The average molecular weight is 246 g/mol. The Morgan fingerprint density at radius 2 is 2.44 bits per heavy atom. The van der Waals surface area contributed by atoms with Gasteiger partial charge in [-0.05, 0) is 18.2 Å². The average Bonchev–Trinajstić information content (AvgIpc) is 2.87. The van der Waals surface area contributed by atoms with Crippen LogP contribution < -0.4 is 10.6 Å². The Morgan fingerprint density at radius 3 is 3.28 bits per heavy atom. The second-order valence-electron chi connectivity index (χ2n) is 4.19. The van der Waals surface area contributed by atoms with E-state index in [1.165, 1.54) is 0 Å². The van der Waals surface area contributed by atoms with Gasteiger partial charge in [-0.2, -0.15) is 0 Å². The summed E-state index contributed by atoms with van der Waals surface area (Å²) < 4.78 is 5.39. The summed E-state index contributed by atoms with van der Waals surface area (Å²) in [4.78, 5) is 19.1. The lowest BCUT2D eigenvalue weighted by molar-refractivity contribution is -0.128. The highest BCUT2D eigenvalue weighted by Crippen LogP contribution is 2.16. The van der Waals surface area contributed by atoms with Gasteiger partial charge in [0.15, 0.2) is 0 Å². The molecule has 2 heterocycles. The van der Waals surface area contributed by atoms with Crippen LogP contribution in [0.25, 0.3) is 11.0 Å². The van der Waals surface area contributed by atoms with Gasteiger partial charge in [-0.15, -0.1) is 0 Å². The molecule has 1 aliphatic rings. The van der Waals surface area contributed by atoms with Crippen LogP contribution in [0.4, 0.5) is 5.69 Å². The van der Waals surface area contributed by atoms with Crippen LogP contribution in [-0.4, -0.2) is 41.7 Å². The first-order valence-electron chi connectivity index (χ1n) is 5.89. The summed E-state index contributed by atoms with van der Waals surface area (Å²) in [5, 5.41) is 5.97. The van der Waals surface area contributed by atoms with Crippen molar-refractivity contribution in [1.82, 2.24) is 15.3 Å². The number of amides is 1. The number of aromatic nitrogens is 2. The van der Waals surface area contributed by atoms with E-state index in [2.05, 4.69) is 20.6 Å². The zero-order chi connectivity index (χ0) is 12.4. The molecule has 1 atom stereocenters. The highest BCUT2D eigenvalue weighted by atomic mass is 16.5. The number of hydrogen-bond donors (Lipinski definition) is 3. The number of anilines is 1. The summed E-state index contributed by atoms with van der Waals surface area (Å²) in [7, 11) is 0. The Hall–Kier alpha value is -1.92. The van der Waals surface area contributed by atoms with Crippen molar-refractivity contribution >= 4 is 22.6 Å². The molecule has 1 unspecified atom stereocenters. The smallest absolute Gasteiger partial charge is 0.254 e. The molecule has 1 aliphatic heterocycles. The Balaban J connectivity index is 1.72. The maximum absolute atomic E-state index is 11.9. The minimum absolute atomic E-state index is 0.124. The predicted octanol–water partition coefficient (Wildman–Crippen LogP) is 0.490. The maximum Gasteiger partial charge on any atom is 0.254 e. The minimum atomic E-state index is -0.420. The van der Waals surface area contributed by atoms with Crippen LogP contribution >= 0.6 is 0 Å². The molecule has 0 bridgehead atoms. The van der Waals surface area contributed by atoms with Crippen LogP contribution in [-0.2, 0) is 9.53 Å². The molecule has 6 nitrogen and oxygen atoms in total. The van der Waals surface area contributed by atoms with Gasteiger partial charge < -0.3 is 20.4 Å². The van der Waals surface area contributed by atoms with Gasteiger partial charge >= 0.3 is 0 Å². The molecule has 1 fully saturated rings. The van der Waals surface area contributed by atoms with Crippen LogP contribution in [0, 0.1) is 0 Å². The zero-order valence-corrected chi connectivity index (χ0v) is 9.77. The molecular formula is C12H14N4O2. The Labute approximate surface area is 104 Å². The molecule has 0 aliphatic carbocycles. The van der Waals surface area contributed by atoms with Crippen molar-refractivity contribution in [2.45, 2.75) is 6.10 Å². The fraction of sp³-hybridized carbons (Fsp3) is 0.333. The Morgan fingerprint density at radius 1 is 1.50 bits per heavy atom. The SMILES string of the molecule is O=C(Nc1ccc2nc[nH]c2c1)C1CNCCO1. The Kier molecular flexibility index (Phi) is 2.95. The zero-order valence-electron chi connectivity index (χ0n) is 9.77. The van der Waals surface area contributed by atoms with E-state index in [9.17, 15) is 4.79 Å². The topological polar surface area (TPSA) is 79.0 Å². The largest absolute Gasteiger partial charge is 0.366 e. The number of nitrogens with zero attached hydrogens (tertiary/aromatic N) is 1. The number of fused-ring (bicyclic) bond motifs is 1. The number of H-pyrrole nitrogens is 1. The van der Waals surface area contributed by atoms with Crippen molar-refractivity contribution in [3.8, 4) is 0 Å². The van der Waals surface area contributed by atoms with E-state index >= 15 is 0 Å². The molecule has 0 saturated carbocycles. The number of morpholine rings is 1. The predicted molar refractivity (Wildman–Crippen MR) is 67.3 cm³/mol. The van der Waals surface area contributed by atoms with Crippen LogP contribution in [0.3, 0.4) is 0 Å². The van der Waals surface area contributed by atoms with Gasteiger partial charge in [0.25, 0.3) is 5.91 Å². The molecule has 1 aromatic carbocycles. The molecule has 94 valence electrons. The summed E-state index contributed by atoms with van der Waals surface area (Å²) in [6.45, 7) is 1.92. The normalized spacial score (nSPS) is 19.9. The van der Waals surface area contributed by atoms with E-state index in [4.69, 9.17) is 4.74 Å². The second-order valence-corrected chi connectivity index (χ2v) is 4.19. The van der Waals surface area contributed by atoms with Crippen LogP contribution in [0.2, 0.25) is 0 Å². The van der Waals surface area contributed by atoms with Gasteiger partial charge in [0.05, 0.1) is 24.0 Å². The number of aromatic amines is 1. The molecular weight excluding hydrogens is 232 g/mol. The van der Waals surface area contributed by atoms with E-state index in [0.717, 1.165) is 23.3 Å². The third kappa shape index (κ3) is 2.20. The first-order valence-corrected chi connectivity index (χ1v) is 5.89. The quantitative estimate of drug-likeness (QED) is 0.720. The standard InChI is InChI=1S/C12H14N4O2/c17-12(11-6-13-3-4-18-11)16-8-1-2-9-10(5-8)15-7-14-9/h1-2,5,7,11,13H,3-4,6H2,(H,14,15)(H,16,17). The van der Waals surface area contributed by atoms with E-state index in [-0.39, 0.29) is 5.91 Å². The third-order valence-electron chi connectivity index (χ3n) is 2.91. The first-order chi connectivity index (χ1) is 8.83. The maximum atomic E-state index is 11.9. The summed E-state index contributed by atoms with van der Waals surface area (Å²) in [6, 6.07) is 5.55. The van der Waals surface area contributed by atoms with E-state index in [1.807, 2.05) is 18.2 Å². The lowest BCUT2D eigenvalue weighted by Gasteiger charge is -2.22. The van der Waals surface area contributed by atoms with Gasteiger partial charge in [-0.3, -0.25) is 4.79 Å². The minimum Gasteiger partial charge on any atom is -0.366 e. The van der Waals surface area contributed by atoms with E-state index < -0.39 is 6.10 Å².